The molecule has 1 rings (SSSR count). The summed E-state index contributed by atoms with van der Waals surface area (Å²) in [4.78, 5) is 0. The van der Waals surface area contributed by atoms with Gasteiger partial charge < -0.3 is 9.84 Å². The van der Waals surface area contributed by atoms with Crippen LogP contribution in [0.1, 0.15) is 13.3 Å². The lowest BCUT2D eigenvalue weighted by Gasteiger charge is -2.11. The van der Waals surface area contributed by atoms with Crippen molar-refractivity contribution in [2.45, 2.75) is 13.3 Å². The van der Waals surface area contributed by atoms with Crippen LogP contribution >= 0.6 is 0 Å². The van der Waals surface area contributed by atoms with E-state index in [1.807, 2.05) is 0 Å². The van der Waals surface area contributed by atoms with Gasteiger partial charge in [-0.05, 0) is 17.9 Å². The van der Waals surface area contributed by atoms with E-state index in [0.29, 0.717) is 25.7 Å². The van der Waals surface area contributed by atoms with Gasteiger partial charge in [0.2, 0.25) is 0 Å². The van der Waals surface area contributed by atoms with Gasteiger partial charge in [-0.1, -0.05) is 25.2 Å². The van der Waals surface area contributed by atoms with Crippen molar-refractivity contribution in [2.75, 3.05) is 19.8 Å². The molecule has 0 radical (unpaired) electrons. The Morgan fingerprint density at radius 1 is 1.67 bits per heavy atom. The zero-order valence-electron chi connectivity index (χ0n) is 7.55. The minimum atomic E-state index is 0.355. The van der Waals surface area contributed by atoms with E-state index in [1.54, 1.807) is 0 Å². The van der Waals surface area contributed by atoms with Crippen LogP contribution in [-0.2, 0) is 4.74 Å². The van der Waals surface area contributed by atoms with Gasteiger partial charge in [0, 0.05) is 0 Å². The summed E-state index contributed by atoms with van der Waals surface area (Å²) in [5.74, 6) is 0.671. The van der Waals surface area contributed by atoms with E-state index in [2.05, 4.69) is 25.2 Å². The monoisotopic (exact) mass is 169 g/mol. The standard InChI is InChI=1S/C10H16O2/c1-9-2-4-10(5-3-9)8-12-7-6-11/h2,4-5,9,11H,3,6-8H2,1H3/p+1. The predicted octanol–water partition coefficient (Wildman–Crippen LogP) is 1.25. The Hall–Kier alpha value is -0.600. The van der Waals surface area contributed by atoms with Gasteiger partial charge >= 0.3 is 0 Å². The van der Waals surface area contributed by atoms with Crippen LogP contribution in [0.15, 0.2) is 23.8 Å². The summed E-state index contributed by atoms with van der Waals surface area (Å²) in [7, 11) is 0. The van der Waals surface area contributed by atoms with Crippen LogP contribution in [0.5, 0.6) is 0 Å². The Morgan fingerprint density at radius 3 is 3.08 bits per heavy atom. The largest absolute Gasteiger partial charge is 0.444 e. The van der Waals surface area contributed by atoms with Crippen LogP contribution in [0.4, 0.5) is 0 Å². The van der Waals surface area contributed by atoms with Crippen LogP contribution in [0.3, 0.4) is 0 Å². The first-order valence-electron chi connectivity index (χ1n) is 4.42. The van der Waals surface area contributed by atoms with E-state index in [1.165, 1.54) is 5.57 Å². The summed E-state index contributed by atoms with van der Waals surface area (Å²) in [6.07, 6.45) is 7.67. The SMILES string of the molecule is CC1C=CC(COCC[OH2+])=CC1. The average molecular weight is 169 g/mol. The predicted molar refractivity (Wildman–Crippen MR) is 50.3 cm³/mol. The molecule has 0 fully saturated rings. The molecule has 1 unspecified atom stereocenters. The second-order valence-electron chi connectivity index (χ2n) is 3.15. The Bertz CT molecular complexity index is 182. The first-order valence-corrected chi connectivity index (χ1v) is 4.42. The van der Waals surface area contributed by atoms with Crippen molar-refractivity contribution in [1.29, 1.82) is 0 Å². The molecule has 0 saturated carbocycles. The van der Waals surface area contributed by atoms with Gasteiger partial charge in [0.15, 0.2) is 6.61 Å². The number of hydrogen-bond donors (Lipinski definition) is 0. The Kier molecular flexibility index (Phi) is 4.05. The van der Waals surface area contributed by atoms with Gasteiger partial charge in [0.05, 0.1) is 6.61 Å². The van der Waals surface area contributed by atoms with Crippen molar-refractivity contribution in [2.24, 2.45) is 5.92 Å². The maximum absolute atomic E-state index is 6.89. The zero-order chi connectivity index (χ0) is 8.81. The number of ether oxygens (including phenoxy) is 1. The molecule has 0 aromatic heterocycles. The number of rotatable bonds is 4. The molecule has 0 aromatic carbocycles. The summed E-state index contributed by atoms with van der Waals surface area (Å²) < 4.78 is 5.25. The number of allylic oxidation sites excluding steroid dienone is 2. The van der Waals surface area contributed by atoms with Crippen LogP contribution in [0, 0.1) is 5.92 Å². The van der Waals surface area contributed by atoms with Gasteiger partial charge in [-0.3, -0.25) is 0 Å². The second kappa shape index (κ2) is 5.12. The Morgan fingerprint density at radius 2 is 2.50 bits per heavy atom. The summed E-state index contributed by atoms with van der Waals surface area (Å²) in [5.41, 5.74) is 1.25. The van der Waals surface area contributed by atoms with E-state index in [4.69, 9.17) is 9.84 Å². The molecule has 2 N–H and O–H groups in total. The van der Waals surface area contributed by atoms with Gasteiger partial charge in [-0.25, -0.2) is 0 Å². The molecule has 68 valence electrons. The molecule has 0 bridgehead atoms. The van der Waals surface area contributed by atoms with E-state index in [-0.39, 0.29) is 0 Å². The van der Waals surface area contributed by atoms with Crippen molar-refractivity contribution >= 4 is 0 Å². The zero-order valence-corrected chi connectivity index (χ0v) is 7.55. The quantitative estimate of drug-likeness (QED) is 0.460. The highest BCUT2D eigenvalue weighted by molar-refractivity contribution is 5.23. The highest BCUT2D eigenvalue weighted by atomic mass is 16.5. The van der Waals surface area contributed by atoms with Crippen LogP contribution in [-0.4, -0.2) is 24.9 Å². The Balaban J connectivity index is 2.21. The third kappa shape index (κ3) is 3.20. The highest BCUT2D eigenvalue weighted by Crippen LogP contribution is 2.15. The van der Waals surface area contributed by atoms with Gasteiger partial charge in [-0.2, -0.15) is 0 Å². The first kappa shape index (κ1) is 9.49. The lowest BCUT2D eigenvalue weighted by molar-refractivity contribution is 0.109. The van der Waals surface area contributed by atoms with Crippen molar-refractivity contribution in [3.63, 3.8) is 0 Å². The fourth-order valence-corrected chi connectivity index (χ4v) is 1.14. The summed E-state index contributed by atoms with van der Waals surface area (Å²) in [5, 5.41) is 6.89. The molecule has 2 heteroatoms. The van der Waals surface area contributed by atoms with Crippen molar-refractivity contribution < 1.29 is 9.84 Å². The van der Waals surface area contributed by atoms with Crippen molar-refractivity contribution in [1.82, 2.24) is 0 Å². The third-order valence-corrected chi connectivity index (χ3v) is 1.91. The molecule has 12 heavy (non-hydrogen) atoms. The smallest absolute Gasteiger partial charge is 0.167 e. The minimum Gasteiger partial charge on any atom is -0.444 e. The lowest BCUT2D eigenvalue weighted by Crippen LogP contribution is -2.04. The van der Waals surface area contributed by atoms with E-state index >= 15 is 0 Å². The van der Waals surface area contributed by atoms with E-state index < -0.39 is 0 Å². The fourth-order valence-electron chi connectivity index (χ4n) is 1.14. The molecule has 0 amide bonds. The lowest BCUT2D eigenvalue weighted by atomic mass is 9.99. The van der Waals surface area contributed by atoms with Crippen molar-refractivity contribution in [3.05, 3.63) is 23.8 Å². The summed E-state index contributed by atoms with van der Waals surface area (Å²) in [6, 6.07) is 0. The minimum absolute atomic E-state index is 0.355. The van der Waals surface area contributed by atoms with Gasteiger partial charge in [0.25, 0.3) is 0 Å². The molecule has 0 aromatic rings. The van der Waals surface area contributed by atoms with Crippen molar-refractivity contribution in [3.8, 4) is 0 Å². The third-order valence-electron chi connectivity index (χ3n) is 1.91. The fraction of sp³-hybridized carbons (Fsp3) is 0.600. The van der Waals surface area contributed by atoms with Crippen LogP contribution in [0.2, 0.25) is 0 Å². The molecule has 0 spiro atoms. The molecule has 2 nitrogen and oxygen atoms in total. The average Bonchev–Trinajstić information content (AvgIpc) is 2.09. The molecule has 1 aliphatic carbocycles. The molecule has 1 atom stereocenters. The second-order valence-corrected chi connectivity index (χ2v) is 3.15. The topological polar surface area (TPSA) is 32.1 Å². The van der Waals surface area contributed by atoms with E-state index in [0.717, 1.165) is 6.42 Å². The van der Waals surface area contributed by atoms with Gasteiger partial charge in [0.1, 0.15) is 6.61 Å². The number of hydrogen-bond acceptors (Lipinski definition) is 1. The van der Waals surface area contributed by atoms with E-state index in [9.17, 15) is 0 Å². The van der Waals surface area contributed by atoms with Crippen LogP contribution in [0.25, 0.3) is 0 Å². The Labute approximate surface area is 73.5 Å². The highest BCUT2D eigenvalue weighted by Gasteiger charge is 2.02. The van der Waals surface area contributed by atoms with Gasteiger partial charge in [-0.15, -0.1) is 0 Å². The molecule has 0 heterocycles. The molecule has 0 saturated heterocycles. The summed E-state index contributed by atoms with van der Waals surface area (Å²) in [6.45, 7) is 3.77. The molecular formula is C10H17O2+. The van der Waals surface area contributed by atoms with Crippen LogP contribution < -0.4 is 0 Å². The maximum atomic E-state index is 6.89. The normalized spacial score (nSPS) is 22.5. The first-order chi connectivity index (χ1) is 5.83. The molecule has 1 aliphatic rings. The molecular weight excluding hydrogens is 152 g/mol. The summed E-state index contributed by atoms with van der Waals surface area (Å²) >= 11 is 0. The molecule has 0 aliphatic heterocycles. The maximum Gasteiger partial charge on any atom is 0.167 e.